The number of thioether (sulfide) groups is 1. The normalized spacial score (nSPS) is 16.1. The number of nitriles is 1. The number of benzene rings is 1. The van der Waals surface area contributed by atoms with Gasteiger partial charge in [0.05, 0.1) is 22.3 Å². The predicted octanol–water partition coefficient (Wildman–Crippen LogP) is 3.26. The molecule has 2 rings (SSSR count). The van der Waals surface area contributed by atoms with Gasteiger partial charge in [-0.1, -0.05) is 12.8 Å². The molecular formula is C15H19NO2S2. The van der Waals surface area contributed by atoms with Crippen LogP contribution in [0.3, 0.4) is 0 Å². The first-order chi connectivity index (χ1) is 9.62. The summed E-state index contributed by atoms with van der Waals surface area (Å²) in [4.78, 5) is 0.318. The monoisotopic (exact) mass is 309 g/mol. The van der Waals surface area contributed by atoms with E-state index < -0.39 is 9.84 Å². The lowest BCUT2D eigenvalue weighted by molar-refractivity contribution is 0.597. The van der Waals surface area contributed by atoms with Crippen molar-refractivity contribution >= 4 is 21.6 Å². The lowest BCUT2D eigenvalue weighted by Crippen LogP contribution is -2.10. The predicted molar refractivity (Wildman–Crippen MR) is 82.5 cm³/mol. The number of hydrogen-bond acceptors (Lipinski definition) is 4. The number of hydrogen-bond donors (Lipinski definition) is 0. The molecule has 1 aromatic carbocycles. The van der Waals surface area contributed by atoms with Crippen molar-refractivity contribution in [3.8, 4) is 6.07 Å². The van der Waals surface area contributed by atoms with Crippen molar-refractivity contribution in [3.63, 3.8) is 0 Å². The molecule has 0 heterocycles. The van der Waals surface area contributed by atoms with Crippen LogP contribution in [0, 0.1) is 17.2 Å². The molecule has 0 bridgehead atoms. The third kappa shape index (κ3) is 4.26. The Bertz CT molecular complexity index is 567. The minimum absolute atomic E-state index is 0.177. The highest BCUT2D eigenvalue weighted by atomic mass is 32.2. The summed E-state index contributed by atoms with van der Waals surface area (Å²) in [6, 6.07) is 8.15. The van der Waals surface area contributed by atoms with Gasteiger partial charge in [0.2, 0.25) is 0 Å². The Morgan fingerprint density at radius 2 is 1.85 bits per heavy atom. The van der Waals surface area contributed by atoms with Gasteiger partial charge >= 0.3 is 0 Å². The molecule has 5 heteroatoms. The first-order valence-electron chi connectivity index (χ1n) is 6.92. The molecule has 0 aliphatic heterocycles. The summed E-state index contributed by atoms with van der Waals surface area (Å²) < 4.78 is 24.3. The molecule has 108 valence electrons. The Balaban J connectivity index is 1.82. The average Bonchev–Trinajstić information content (AvgIpc) is 2.97. The van der Waals surface area contributed by atoms with Crippen LogP contribution in [0.4, 0.5) is 0 Å². The van der Waals surface area contributed by atoms with Crippen LogP contribution >= 0.6 is 11.8 Å². The average molecular weight is 309 g/mol. The van der Waals surface area contributed by atoms with Crippen LogP contribution in [0.2, 0.25) is 0 Å². The van der Waals surface area contributed by atoms with Gasteiger partial charge in [-0.25, -0.2) is 8.42 Å². The second kappa shape index (κ2) is 7.14. The third-order valence-electron chi connectivity index (χ3n) is 3.67. The topological polar surface area (TPSA) is 57.9 Å². The zero-order valence-electron chi connectivity index (χ0n) is 11.4. The van der Waals surface area contributed by atoms with E-state index in [0.717, 1.165) is 11.7 Å². The van der Waals surface area contributed by atoms with Crippen LogP contribution in [-0.2, 0) is 9.84 Å². The summed E-state index contributed by atoms with van der Waals surface area (Å²) in [5.74, 6) is 2.70. The van der Waals surface area contributed by atoms with E-state index in [9.17, 15) is 8.42 Å². The van der Waals surface area contributed by atoms with Crippen LogP contribution in [0.25, 0.3) is 0 Å². The van der Waals surface area contributed by atoms with E-state index in [2.05, 4.69) is 0 Å². The van der Waals surface area contributed by atoms with Crippen molar-refractivity contribution in [3.05, 3.63) is 29.8 Å². The largest absolute Gasteiger partial charge is 0.224 e. The van der Waals surface area contributed by atoms with Gasteiger partial charge in [0.25, 0.3) is 0 Å². The maximum Gasteiger partial charge on any atom is 0.179 e. The van der Waals surface area contributed by atoms with Crippen molar-refractivity contribution in [2.24, 2.45) is 5.92 Å². The highest BCUT2D eigenvalue weighted by Gasteiger charge is 2.17. The zero-order valence-corrected chi connectivity index (χ0v) is 13.0. The maximum absolute atomic E-state index is 12.1. The van der Waals surface area contributed by atoms with Crippen molar-refractivity contribution in [2.45, 2.75) is 30.6 Å². The molecule has 1 fully saturated rings. The van der Waals surface area contributed by atoms with E-state index in [1.165, 1.54) is 37.8 Å². The van der Waals surface area contributed by atoms with E-state index in [1.807, 2.05) is 6.07 Å². The first kappa shape index (κ1) is 15.4. The molecular weight excluding hydrogens is 290 g/mol. The molecule has 1 aromatic rings. The van der Waals surface area contributed by atoms with Gasteiger partial charge in [-0.3, -0.25) is 0 Å². The third-order valence-corrected chi connectivity index (χ3v) is 6.86. The fraction of sp³-hybridized carbons (Fsp3) is 0.533. The van der Waals surface area contributed by atoms with Crippen molar-refractivity contribution in [1.29, 1.82) is 5.26 Å². The minimum Gasteiger partial charge on any atom is -0.224 e. The fourth-order valence-electron chi connectivity index (χ4n) is 2.45. The van der Waals surface area contributed by atoms with Gasteiger partial charge in [-0.15, -0.1) is 0 Å². The lowest BCUT2D eigenvalue weighted by atomic mass is 10.1. The second-order valence-corrected chi connectivity index (χ2v) is 8.44. The molecule has 0 radical (unpaired) electrons. The number of rotatable bonds is 6. The summed E-state index contributed by atoms with van der Waals surface area (Å²) in [6.07, 6.45) is 5.26. The van der Waals surface area contributed by atoms with E-state index in [4.69, 9.17) is 5.26 Å². The Hall–Kier alpha value is -0.990. The lowest BCUT2D eigenvalue weighted by Gasteiger charge is -2.08. The molecule has 0 amide bonds. The summed E-state index contributed by atoms with van der Waals surface area (Å²) in [7, 11) is -3.21. The highest BCUT2D eigenvalue weighted by Crippen LogP contribution is 2.28. The van der Waals surface area contributed by atoms with E-state index >= 15 is 0 Å². The van der Waals surface area contributed by atoms with E-state index in [-0.39, 0.29) is 5.75 Å². The van der Waals surface area contributed by atoms with Crippen molar-refractivity contribution in [1.82, 2.24) is 0 Å². The minimum atomic E-state index is -3.21. The van der Waals surface area contributed by atoms with Crippen LogP contribution in [0.15, 0.2) is 29.2 Å². The molecule has 1 saturated carbocycles. The standard InChI is InChI=1S/C15H19NO2S2/c16-11-13-5-7-15(8-6-13)20(17,18)10-9-19-12-14-3-1-2-4-14/h5-8,14H,1-4,9-10,12H2. The van der Waals surface area contributed by atoms with Gasteiger partial charge in [0.15, 0.2) is 9.84 Å². The molecule has 0 unspecified atom stereocenters. The van der Waals surface area contributed by atoms with Crippen LogP contribution < -0.4 is 0 Å². The summed E-state index contributed by atoms with van der Waals surface area (Å²) >= 11 is 1.75. The van der Waals surface area contributed by atoms with Crippen molar-refractivity contribution < 1.29 is 8.42 Å². The van der Waals surface area contributed by atoms with E-state index in [1.54, 1.807) is 23.9 Å². The molecule has 0 atom stereocenters. The van der Waals surface area contributed by atoms with Crippen LogP contribution in [0.5, 0.6) is 0 Å². The summed E-state index contributed by atoms with van der Waals surface area (Å²) in [6.45, 7) is 0. The Morgan fingerprint density at radius 3 is 2.45 bits per heavy atom. The first-order valence-corrected chi connectivity index (χ1v) is 9.73. The maximum atomic E-state index is 12.1. The quantitative estimate of drug-likeness (QED) is 0.757. The van der Waals surface area contributed by atoms with Crippen LogP contribution in [-0.4, -0.2) is 25.7 Å². The molecule has 0 N–H and O–H groups in total. The second-order valence-electron chi connectivity index (χ2n) is 5.18. The summed E-state index contributed by atoms with van der Waals surface area (Å²) in [5.41, 5.74) is 0.486. The van der Waals surface area contributed by atoms with Gasteiger partial charge in [-0.05, 0) is 48.8 Å². The Morgan fingerprint density at radius 1 is 1.20 bits per heavy atom. The van der Waals surface area contributed by atoms with Gasteiger partial charge in [0.1, 0.15) is 0 Å². The summed E-state index contributed by atoms with van der Waals surface area (Å²) in [5, 5.41) is 8.71. The van der Waals surface area contributed by atoms with Crippen LogP contribution in [0.1, 0.15) is 31.2 Å². The van der Waals surface area contributed by atoms with Gasteiger partial charge in [-0.2, -0.15) is 17.0 Å². The van der Waals surface area contributed by atoms with Gasteiger partial charge in [0, 0.05) is 5.75 Å². The Kier molecular flexibility index (Phi) is 5.50. The number of sulfone groups is 1. The molecule has 0 spiro atoms. The SMILES string of the molecule is N#Cc1ccc(S(=O)(=O)CCSCC2CCCC2)cc1. The molecule has 0 saturated heterocycles. The molecule has 1 aliphatic carbocycles. The highest BCUT2D eigenvalue weighted by molar-refractivity contribution is 8.00. The molecule has 1 aliphatic rings. The smallest absolute Gasteiger partial charge is 0.179 e. The zero-order chi connectivity index (χ0) is 14.4. The molecule has 20 heavy (non-hydrogen) atoms. The molecule has 0 aromatic heterocycles. The number of nitrogens with zero attached hydrogens (tertiary/aromatic N) is 1. The van der Waals surface area contributed by atoms with Crippen molar-refractivity contribution in [2.75, 3.05) is 17.3 Å². The van der Waals surface area contributed by atoms with E-state index in [0.29, 0.717) is 16.2 Å². The molecule has 3 nitrogen and oxygen atoms in total. The Labute approximate surface area is 125 Å². The fourth-order valence-corrected chi connectivity index (χ4v) is 5.42. The van der Waals surface area contributed by atoms with Gasteiger partial charge < -0.3 is 0 Å².